The molecule has 6 heteroatoms. The molecule has 0 aliphatic carbocycles. The molecule has 1 aromatic rings. The molecule has 20 heavy (non-hydrogen) atoms. The normalized spacial score (nSPS) is 24.8. The molecule has 5 nitrogen and oxygen atoms in total. The van der Waals surface area contributed by atoms with Gasteiger partial charge in [-0.2, -0.15) is 4.31 Å². The highest BCUT2D eigenvalue weighted by molar-refractivity contribution is 7.89. The first-order valence-electron chi connectivity index (χ1n) is 6.74. The van der Waals surface area contributed by atoms with E-state index in [1.54, 1.807) is 13.0 Å². The van der Waals surface area contributed by atoms with Crippen molar-refractivity contribution in [2.24, 2.45) is 0 Å². The molecule has 1 saturated heterocycles. The van der Waals surface area contributed by atoms with Crippen LogP contribution in [-0.4, -0.2) is 38.0 Å². The van der Waals surface area contributed by atoms with Gasteiger partial charge in [-0.1, -0.05) is 12.1 Å². The molecule has 0 amide bonds. The molecule has 0 bridgehead atoms. The van der Waals surface area contributed by atoms with E-state index in [4.69, 9.17) is 10.5 Å². The quantitative estimate of drug-likeness (QED) is 0.843. The minimum Gasteiger partial charge on any atom is -0.397 e. The van der Waals surface area contributed by atoms with Crippen molar-refractivity contribution in [3.05, 3.63) is 23.3 Å². The molecule has 1 fully saturated rings. The van der Waals surface area contributed by atoms with Gasteiger partial charge in [0.05, 0.1) is 17.9 Å². The van der Waals surface area contributed by atoms with Crippen LogP contribution < -0.4 is 5.73 Å². The molecule has 2 atom stereocenters. The lowest BCUT2D eigenvalue weighted by Crippen LogP contribution is -2.48. The number of hydrogen-bond acceptors (Lipinski definition) is 4. The van der Waals surface area contributed by atoms with Crippen molar-refractivity contribution < 1.29 is 13.2 Å². The summed E-state index contributed by atoms with van der Waals surface area (Å²) in [6.07, 6.45) is -0.222. The van der Waals surface area contributed by atoms with Gasteiger partial charge in [-0.15, -0.1) is 0 Å². The molecule has 0 saturated carbocycles. The first-order chi connectivity index (χ1) is 9.23. The van der Waals surface area contributed by atoms with Crippen LogP contribution in [0.25, 0.3) is 0 Å². The van der Waals surface area contributed by atoms with Crippen molar-refractivity contribution in [2.75, 3.05) is 18.8 Å². The van der Waals surface area contributed by atoms with Gasteiger partial charge in [0.15, 0.2) is 0 Å². The van der Waals surface area contributed by atoms with Crippen LogP contribution in [0.5, 0.6) is 0 Å². The molecular formula is C14H22N2O3S. The summed E-state index contributed by atoms with van der Waals surface area (Å²) < 4.78 is 32.8. The number of ether oxygens (including phenoxy) is 1. The SMILES string of the molecule is Cc1ccc(C)c(S(=O)(=O)N2C[C@@H](C)O[C@@H](C)C2)c1N. The van der Waals surface area contributed by atoms with Crippen LogP contribution in [0.4, 0.5) is 5.69 Å². The summed E-state index contributed by atoms with van der Waals surface area (Å²) in [4.78, 5) is 0.235. The van der Waals surface area contributed by atoms with E-state index in [9.17, 15) is 8.42 Å². The molecule has 1 aromatic carbocycles. The third-order valence-electron chi connectivity index (χ3n) is 3.59. The van der Waals surface area contributed by atoms with E-state index in [1.165, 1.54) is 4.31 Å². The first kappa shape index (κ1) is 15.3. The molecule has 2 N–H and O–H groups in total. The number of morpholine rings is 1. The average molecular weight is 298 g/mol. The smallest absolute Gasteiger partial charge is 0.245 e. The zero-order chi connectivity index (χ0) is 15.1. The lowest BCUT2D eigenvalue weighted by molar-refractivity contribution is -0.0440. The summed E-state index contributed by atoms with van der Waals surface area (Å²) >= 11 is 0. The van der Waals surface area contributed by atoms with Gasteiger partial charge in [0.1, 0.15) is 4.90 Å². The predicted molar refractivity (Wildman–Crippen MR) is 79.1 cm³/mol. The van der Waals surface area contributed by atoms with Crippen molar-refractivity contribution in [1.29, 1.82) is 0 Å². The topological polar surface area (TPSA) is 72.6 Å². The second-order valence-electron chi connectivity index (χ2n) is 5.52. The Balaban J connectivity index is 2.48. The molecule has 0 unspecified atom stereocenters. The Labute approximate surface area is 120 Å². The molecule has 1 aliphatic rings. The second-order valence-corrected chi connectivity index (χ2v) is 7.40. The molecule has 1 heterocycles. The monoisotopic (exact) mass is 298 g/mol. The fourth-order valence-corrected chi connectivity index (χ4v) is 4.59. The van der Waals surface area contributed by atoms with Gasteiger partial charge in [-0.25, -0.2) is 8.42 Å². The maximum absolute atomic E-state index is 12.9. The summed E-state index contributed by atoms with van der Waals surface area (Å²) in [5.74, 6) is 0. The van der Waals surface area contributed by atoms with Gasteiger partial charge in [0, 0.05) is 13.1 Å². The number of nitrogen functional groups attached to an aromatic ring is 1. The second kappa shape index (κ2) is 5.35. The summed E-state index contributed by atoms with van der Waals surface area (Å²) in [6.45, 7) is 8.07. The molecule has 2 rings (SSSR count). The third-order valence-corrected chi connectivity index (χ3v) is 5.63. The zero-order valence-electron chi connectivity index (χ0n) is 12.4. The van der Waals surface area contributed by atoms with E-state index in [0.717, 1.165) is 5.56 Å². The Kier molecular flexibility index (Phi) is 4.09. The van der Waals surface area contributed by atoms with E-state index in [2.05, 4.69) is 0 Å². The number of anilines is 1. The van der Waals surface area contributed by atoms with Gasteiger partial charge >= 0.3 is 0 Å². The van der Waals surface area contributed by atoms with E-state index in [1.807, 2.05) is 26.8 Å². The Bertz CT molecular complexity index is 603. The number of rotatable bonds is 2. The lowest BCUT2D eigenvalue weighted by atomic mass is 10.1. The van der Waals surface area contributed by atoms with Crippen molar-refractivity contribution >= 4 is 15.7 Å². The van der Waals surface area contributed by atoms with Crippen LogP contribution in [0, 0.1) is 13.8 Å². The van der Waals surface area contributed by atoms with Crippen LogP contribution in [0.15, 0.2) is 17.0 Å². The molecule has 1 aliphatic heterocycles. The van der Waals surface area contributed by atoms with Crippen molar-refractivity contribution in [2.45, 2.75) is 44.8 Å². The maximum atomic E-state index is 12.9. The summed E-state index contributed by atoms with van der Waals surface area (Å²) in [5, 5.41) is 0. The number of aryl methyl sites for hydroxylation is 2. The Morgan fingerprint density at radius 1 is 1.15 bits per heavy atom. The van der Waals surface area contributed by atoms with Crippen LogP contribution in [0.1, 0.15) is 25.0 Å². The summed E-state index contributed by atoms with van der Waals surface area (Å²) in [5.41, 5.74) is 7.81. The number of sulfonamides is 1. The van der Waals surface area contributed by atoms with Gasteiger partial charge < -0.3 is 10.5 Å². The predicted octanol–water partition coefficient (Wildman–Crippen LogP) is 1.68. The Morgan fingerprint density at radius 3 is 2.20 bits per heavy atom. The number of nitrogens with two attached hydrogens (primary N) is 1. The minimum atomic E-state index is -3.58. The molecule has 0 aromatic heterocycles. The number of benzene rings is 1. The Hall–Kier alpha value is -1.11. The van der Waals surface area contributed by atoms with Crippen molar-refractivity contribution in [3.63, 3.8) is 0 Å². The van der Waals surface area contributed by atoms with Crippen molar-refractivity contribution in [1.82, 2.24) is 4.31 Å². The fraction of sp³-hybridized carbons (Fsp3) is 0.571. The Morgan fingerprint density at radius 2 is 1.65 bits per heavy atom. The zero-order valence-corrected chi connectivity index (χ0v) is 13.2. The number of hydrogen-bond donors (Lipinski definition) is 1. The van der Waals surface area contributed by atoms with E-state index in [-0.39, 0.29) is 17.1 Å². The van der Waals surface area contributed by atoms with Crippen LogP contribution in [0.3, 0.4) is 0 Å². The number of nitrogens with zero attached hydrogens (tertiary/aromatic N) is 1. The van der Waals surface area contributed by atoms with Gasteiger partial charge in [0.25, 0.3) is 0 Å². The highest BCUT2D eigenvalue weighted by atomic mass is 32.2. The highest BCUT2D eigenvalue weighted by Gasteiger charge is 2.34. The lowest BCUT2D eigenvalue weighted by Gasteiger charge is -2.35. The van der Waals surface area contributed by atoms with E-state index >= 15 is 0 Å². The van der Waals surface area contributed by atoms with Crippen LogP contribution in [-0.2, 0) is 14.8 Å². The van der Waals surface area contributed by atoms with E-state index in [0.29, 0.717) is 24.3 Å². The van der Waals surface area contributed by atoms with Gasteiger partial charge in [0.2, 0.25) is 10.0 Å². The molecule has 112 valence electrons. The molecule has 0 spiro atoms. The first-order valence-corrected chi connectivity index (χ1v) is 8.18. The van der Waals surface area contributed by atoms with Crippen molar-refractivity contribution in [3.8, 4) is 0 Å². The van der Waals surface area contributed by atoms with Crippen LogP contribution >= 0.6 is 0 Å². The summed E-state index contributed by atoms with van der Waals surface area (Å²) in [6, 6.07) is 3.64. The van der Waals surface area contributed by atoms with Gasteiger partial charge in [-0.05, 0) is 38.8 Å². The summed E-state index contributed by atoms with van der Waals surface area (Å²) in [7, 11) is -3.58. The van der Waals surface area contributed by atoms with E-state index < -0.39 is 10.0 Å². The minimum absolute atomic E-state index is 0.111. The molecular weight excluding hydrogens is 276 g/mol. The third kappa shape index (κ3) is 2.68. The maximum Gasteiger partial charge on any atom is 0.245 e. The fourth-order valence-electron chi connectivity index (χ4n) is 2.61. The highest BCUT2D eigenvalue weighted by Crippen LogP contribution is 2.30. The largest absolute Gasteiger partial charge is 0.397 e. The average Bonchev–Trinajstić information content (AvgIpc) is 2.33. The standard InChI is InChI=1S/C14H22N2O3S/c1-9-5-6-10(2)14(13(9)15)20(17,18)16-7-11(3)19-12(4)8-16/h5-6,11-12H,7-8,15H2,1-4H3/t11-,12+. The molecule has 0 radical (unpaired) electrons. The van der Waals surface area contributed by atoms with Gasteiger partial charge in [-0.3, -0.25) is 0 Å². The van der Waals surface area contributed by atoms with Crippen LogP contribution in [0.2, 0.25) is 0 Å².